The van der Waals surface area contributed by atoms with Gasteiger partial charge in [-0.25, -0.2) is 4.98 Å². The largest absolute Gasteiger partial charge is 0.418 e. The van der Waals surface area contributed by atoms with E-state index >= 15 is 0 Å². The van der Waals surface area contributed by atoms with Gasteiger partial charge in [0, 0.05) is 11.7 Å². The summed E-state index contributed by atoms with van der Waals surface area (Å²) in [6.07, 6.45) is -3.19. The molecule has 0 bridgehead atoms. The first-order valence-corrected chi connectivity index (χ1v) is 10.3. The lowest BCUT2D eigenvalue weighted by Crippen LogP contribution is -2.32. The third-order valence-corrected chi connectivity index (χ3v) is 5.92. The molecule has 2 rings (SSSR count). The number of hydrogen-bond donors (Lipinski definition) is 1. The van der Waals surface area contributed by atoms with E-state index in [1.54, 1.807) is 19.9 Å². The van der Waals surface area contributed by atoms with Crippen LogP contribution in [0.25, 0.3) is 0 Å². The van der Waals surface area contributed by atoms with Gasteiger partial charge in [-0.1, -0.05) is 32.5 Å². The number of hydrogen-bond acceptors (Lipinski definition) is 4. The van der Waals surface area contributed by atoms with E-state index in [-0.39, 0.29) is 46.0 Å². The zero-order valence-corrected chi connectivity index (χ0v) is 17.6. The molecule has 154 valence electrons. The van der Waals surface area contributed by atoms with Crippen molar-refractivity contribution in [3.63, 3.8) is 0 Å². The van der Waals surface area contributed by atoms with Crippen molar-refractivity contribution in [1.29, 1.82) is 5.26 Å². The Labute approximate surface area is 168 Å². The highest BCUT2D eigenvalue weighted by Gasteiger charge is 2.42. The van der Waals surface area contributed by atoms with Gasteiger partial charge in [0.25, 0.3) is 0 Å². The molecule has 1 unspecified atom stereocenters. The van der Waals surface area contributed by atoms with Crippen LogP contribution in [0.2, 0.25) is 0 Å². The zero-order chi connectivity index (χ0) is 21.3. The third-order valence-electron chi connectivity index (χ3n) is 4.94. The van der Waals surface area contributed by atoms with E-state index in [0.717, 1.165) is 18.2 Å². The van der Waals surface area contributed by atoms with Crippen LogP contribution in [0.4, 0.5) is 13.2 Å². The van der Waals surface area contributed by atoms with E-state index in [4.69, 9.17) is 0 Å². The van der Waals surface area contributed by atoms with Crippen LogP contribution in [0.15, 0.2) is 5.03 Å². The smallest absolute Gasteiger partial charge is 0.353 e. The van der Waals surface area contributed by atoms with Crippen molar-refractivity contribution in [3.8, 4) is 6.07 Å². The van der Waals surface area contributed by atoms with Gasteiger partial charge in [-0.2, -0.15) is 18.4 Å². The van der Waals surface area contributed by atoms with Gasteiger partial charge in [-0.15, -0.1) is 0 Å². The van der Waals surface area contributed by atoms with Gasteiger partial charge in [0.1, 0.15) is 11.1 Å². The van der Waals surface area contributed by atoms with Gasteiger partial charge in [0.2, 0.25) is 5.91 Å². The summed E-state index contributed by atoms with van der Waals surface area (Å²) in [7, 11) is 0. The lowest BCUT2D eigenvalue weighted by Gasteiger charge is -2.36. The summed E-state index contributed by atoms with van der Waals surface area (Å²) in [4.78, 5) is 16.3. The second-order valence-electron chi connectivity index (χ2n) is 8.52. The van der Waals surface area contributed by atoms with Crippen molar-refractivity contribution in [3.05, 3.63) is 22.4 Å². The predicted octanol–water partition coefficient (Wildman–Crippen LogP) is 4.74. The molecular formula is C20H26F3N3OS. The standard InChI is InChI=1S/C20H26F3N3OS/c1-11(2)25-16(27)10-28-18-14(9-24)17(20(21,22)23)13-8-12(19(3,4)5)6-7-15(13)26-18/h11-12H,6-8,10H2,1-5H3,(H,25,27). The van der Waals surface area contributed by atoms with Crippen molar-refractivity contribution in [2.24, 2.45) is 11.3 Å². The average molecular weight is 414 g/mol. The predicted molar refractivity (Wildman–Crippen MR) is 103 cm³/mol. The van der Waals surface area contributed by atoms with E-state index in [1.165, 1.54) is 0 Å². The first kappa shape index (κ1) is 22.5. The number of amides is 1. The van der Waals surface area contributed by atoms with Crippen LogP contribution in [0.3, 0.4) is 0 Å². The molecule has 0 saturated carbocycles. The van der Waals surface area contributed by atoms with E-state index < -0.39 is 17.3 Å². The highest BCUT2D eigenvalue weighted by atomic mass is 32.2. The fourth-order valence-corrected chi connectivity index (χ4v) is 4.31. The zero-order valence-electron chi connectivity index (χ0n) is 16.8. The second kappa shape index (κ2) is 8.32. The first-order valence-electron chi connectivity index (χ1n) is 9.29. The van der Waals surface area contributed by atoms with Crippen molar-refractivity contribution in [1.82, 2.24) is 10.3 Å². The summed E-state index contributed by atoms with van der Waals surface area (Å²) in [6.45, 7) is 9.66. The van der Waals surface area contributed by atoms with Crippen LogP contribution in [0.5, 0.6) is 0 Å². The second-order valence-corrected chi connectivity index (χ2v) is 9.48. The van der Waals surface area contributed by atoms with Crippen molar-refractivity contribution in [2.45, 2.75) is 71.1 Å². The lowest BCUT2D eigenvalue weighted by atomic mass is 9.70. The molecule has 1 N–H and O–H groups in total. The van der Waals surface area contributed by atoms with Crippen LogP contribution < -0.4 is 5.32 Å². The van der Waals surface area contributed by atoms with E-state index in [0.29, 0.717) is 12.1 Å². The maximum Gasteiger partial charge on any atom is 0.418 e. The molecule has 0 saturated heterocycles. The van der Waals surface area contributed by atoms with E-state index in [9.17, 15) is 23.2 Å². The van der Waals surface area contributed by atoms with Crippen molar-refractivity contribution < 1.29 is 18.0 Å². The number of nitriles is 1. The Hall–Kier alpha value is -1.75. The molecule has 0 aliphatic heterocycles. The summed E-state index contributed by atoms with van der Waals surface area (Å²) in [5, 5.41) is 12.2. The van der Waals surface area contributed by atoms with Gasteiger partial charge < -0.3 is 5.32 Å². The Morgan fingerprint density at radius 1 is 1.36 bits per heavy atom. The number of halogens is 3. The Balaban J connectivity index is 2.48. The molecular weight excluding hydrogens is 387 g/mol. The number of rotatable bonds is 4. The van der Waals surface area contributed by atoms with Crippen LogP contribution in [-0.4, -0.2) is 22.7 Å². The Kier molecular flexibility index (Phi) is 6.70. The summed E-state index contributed by atoms with van der Waals surface area (Å²) in [5.74, 6) is -0.296. The molecule has 0 fully saturated rings. The van der Waals surface area contributed by atoms with E-state index in [1.807, 2.05) is 20.8 Å². The number of carbonyl (C=O) groups is 1. The minimum atomic E-state index is -4.65. The van der Waals surface area contributed by atoms with Crippen LogP contribution in [-0.2, 0) is 23.8 Å². The molecule has 1 aromatic heterocycles. The molecule has 0 aromatic carbocycles. The number of aromatic nitrogens is 1. The molecule has 1 aromatic rings. The summed E-state index contributed by atoms with van der Waals surface area (Å²) in [6, 6.07) is 1.63. The molecule has 1 aliphatic rings. The van der Waals surface area contributed by atoms with Gasteiger partial charge in [0.05, 0.1) is 16.9 Å². The fraction of sp³-hybridized carbons (Fsp3) is 0.650. The van der Waals surface area contributed by atoms with Gasteiger partial charge >= 0.3 is 6.18 Å². The molecule has 1 amide bonds. The number of fused-ring (bicyclic) bond motifs is 1. The molecule has 1 heterocycles. The lowest BCUT2D eigenvalue weighted by molar-refractivity contribution is -0.139. The maximum absolute atomic E-state index is 13.9. The summed E-state index contributed by atoms with van der Waals surface area (Å²) < 4.78 is 41.8. The number of thioether (sulfide) groups is 1. The van der Waals surface area contributed by atoms with Gasteiger partial charge in [-0.05, 0) is 50.0 Å². The van der Waals surface area contributed by atoms with Crippen LogP contribution in [0, 0.1) is 22.7 Å². The minimum absolute atomic E-state index is 0.0123. The maximum atomic E-state index is 13.9. The number of aryl methyl sites for hydroxylation is 1. The van der Waals surface area contributed by atoms with Crippen LogP contribution >= 0.6 is 11.8 Å². The van der Waals surface area contributed by atoms with Crippen molar-refractivity contribution in [2.75, 3.05) is 5.75 Å². The van der Waals surface area contributed by atoms with Gasteiger partial charge in [0.15, 0.2) is 0 Å². The molecule has 28 heavy (non-hydrogen) atoms. The Bertz CT molecular complexity index is 792. The number of alkyl halides is 3. The highest BCUT2D eigenvalue weighted by Crippen LogP contribution is 2.44. The molecule has 0 radical (unpaired) electrons. The monoisotopic (exact) mass is 413 g/mol. The van der Waals surface area contributed by atoms with Gasteiger partial charge in [-0.3, -0.25) is 4.79 Å². The molecule has 0 spiro atoms. The SMILES string of the molecule is CC(C)NC(=O)CSc1nc2c(c(C(F)(F)F)c1C#N)CC(C(C)(C)C)CC2. The molecule has 1 atom stereocenters. The number of carbonyl (C=O) groups excluding carboxylic acids is 1. The quantitative estimate of drug-likeness (QED) is 0.724. The summed E-state index contributed by atoms with van der Waals surface area (Å²) >= 11 is 0.886. The Morgan fingerprint density at radius 3 is 2.50 bits per heavy atom. The first-order chi connectivity index (χ1) is 12.8. The number of pyridine rings is 1. The Morgan fingerprint density at radius 2 is 2.00 bits per heavy atom. The third kappa shape index (κ3) is 5.19. The van der Waals surface area contributed by atoms with E-state index in [2.05, 4.69) is 10.3 Å². The minimum Gasteiger partial charge on any atom is -0.353 e. The average Bonchev–Trinajstić information content (AvgIpc) is 2.55. The number of nitrogens with zero attached hydrogens (tertiary/aromatic N) is 2. The number of nitrogens with one attached hydrogen (secondary N) is 1. The van der Waals surface area contributed by atoms with Crippen LogP contribution in [0.1, 0.15) is 63.4 Å². The topological polar surface area (TPSA) is 65.8 Å². The molecule has 1 aliphatic carbocycles. The molecule has 8 heteroatoms. The highest BCUT2D eigenvalue weighted by molar-refractivity contribution is 8.00. The molecule has 4 nitrogen and oxygen atoms in total. The van der Waals surface area contributed by atoms with Crippen molar-refractivity contribution >= 4 is 17.7 Å². The normalized spacial score (nSPS) is 17.2. The fourth-order valence-electron chi connectivity index (χ4n) is 3.49. The summed E-state index contributed by atoms with van der Waals surface area (Å²) in [5.41, 5.74) is -0.927.